The molecule has 1 heterocycles. The molecule has 0 unspecified atom stereocenters. The molecule has 0 aromatic heterocycles. The standard InChI is InChI=1S/C17H18O/c1-3-8-14(9-4-1)17(16-12-7-13-18-16)15-10-5-2-6-11-15/h1-6,8-11,16-17H,7,12-13H2/t16-/m1/s1. The van der Waals surface area contributed by atoms with Crippen molar-refractivity contribution in [3.8, 4) is 0 Å². The van der Waals surface area contributed by atoms with Crippen molar-refractivity contribution in [3.05, 3.63) is 71.8 Å². The zero-order chi connectivity index (χ0) is 12.2. The van der Waals surface area contributed by atoms with Crippen LogP contribution in [0.1, 0.15) is 29.9 Å². The molecule has 1 nitrogen and oxygen atoms in total. The van der Waals surface area contributed by atoms with Crippen molar-refractivity contribution in [1.29, 1.82) is 0 Å². The van der Waals surface area contributed by atoms with Gasteiger partial charge in [0.2, 0.25) is 0 Å². The Hall–Kier alpha value is -1.60. The van der Waals surface area contributed by atoms with Crippen molar-refractivity contribution in [2.45, 2.75) is 24.9 Å². The van der Waals surface area contributed by atoms with Crippen LogP contribution in [0.5, 0.6) is 0 Å². The molecule has 2 aromatic rings. The van der Waals surface area contributed by atoms with E-state index in [0.29, 0.717) is 12.0 Å². The van der Waals surface area contributed by atoms with E-state index in [2.05, 4.69) is 60.7 Å². The van der Waals surface area contributed by atoms with Gasteiger partial charge < -0.3 is 4.74 Å². The quantitative estimate of drug-likeness (QED) is 0.785. The Bertz CT molecular complexity index is 432. The second kappa shape index (κ2) is 5.36. The molecule has 0 bridgehead atoms. The molecule has 0 saturated carbocycles. The zero-order valence-electron chi connectivity index (χ0n) is 10.5. The van der Waals surface area contributed by atoms with Crippen LogP contribution in [0, 0.1) is 0 Å². The lowest BCUT2D eigenvalue weighted by Crippen LogP contribution is -2.18. The highest BCUT2D eigenvalue weighted by atomic mass is 16.5. The number of hydrogen-bond donors (Lipinski definition) is 0. The molecule has 1 atom stereocenters. The summed E-state index contributed by atoms with van der Waals surface area (Å²) in [6, 6.07) is 21.4. The third kappa shape index (κ3) is 2.32. The first kappa shape index (κ1) is 11.5. The normalized spacial score (nSPS) is 19.3. The van der Waals surface area contributed by atoms with Gasteiger partial charge in [0.05, 0.1) is 6.10 Å². The van der Waals surface area contributed by atoms with Gasteiger partial charge in [-0.3, -0.25) is 0 Å². The van der Waals surface area contributed by atoms with Crippen LogP contribution >= 0.6 is 0 Å². The van der Waals surface area contributed by atoms with Gasteiger partial charge in [0.1, 0.15) is 0 Å². The fraction of sp³-hybridized carbons (Fsp3) is 0.294. The van der Waals surface area contributed by atoms with E-state index in [1.807, 2.05) is 0 Å². The van der Waals surface area contributed by atoms with Crippen molar-refractivity contribution < 1.29 is 4.74 Å². The van der Waals surface area contributed by atoms with E-state index in [1.165, 1.54) is 17.5 Å². The van der Waals surface area contributed by atoms with Crippen molar-refractivity contribution in [3.63, 3.8) is 0 Å². The Morgan fingerprint density at radius 3 is 1.83 bits per heavy atom. The largest absolute Gasteiger partial charge is 0.377 e. The lowest BCUT2D eigenvalue weighted by atomic mass is 9.85. The molecule has 0 aliphatic carbocycles. The summed E-state index contributed by atoms with van der Waals surface area (Å²) >= 11 is 0. The molecule has 1 saturated heterocycles. The fourth-order valence-electron chi connectivity index (χ4n) is 2.81. The van der Waals surface area contributed by atoms with Gasteiger partial charge >= 0.3 is 0 Å². The van der Waals surface area contributed by atoms with Crippen molar-refractivity contribution >= 4 is 0 Å². The summed E-state index contributed by atoms with van der Waals surface area (Å²) in [7, 11) is 0. The van der Waals surface area contributed by atoms with Crippen molar-refractivity contribution in [2.24, 2.45) is 0 Å². The highest BCUT2D eigenvalue weighted by molar-refractivity contribution is 5.34. The van der Waals surface area contributed by atoms with Gasteiger partial charge in [0.25, 0.3) is 0 Å². The van der Waals surface area contributed by atoms with Gasteiger partial charge in [-0.2, -0.15) is 0 Å². The summed E-state index contributed by atoms with van der Waals surface area (Å²) in [6.07, 6.45) is 2.67. The SMILES string of the molecule is c1ccc(C(c2ccccc2)[C@H]2CCCO2)cc1. The summed E-state index contributed by atoms with van der Waals surface area (Å²) in [5.74, 6) is 0.370. The lowest BCUT2D eigenvalue weighted by Gasteiger charge is -2.24. The smallest absolute Gasteiger partial charge is 0.0685 e. The number of rotatable bonds is 3. The van der Waals surface area contributed by atoms with Crippen LogP contribution in [0.4, 0.5) is 0 Å². The second-order valence-electron chi connectivity index (χ2n) is 4.85. The minimum Gasteiger partial charge on any atom is -0.377 e. The Balaban J connectivity index is 1.98. The summed E-state index contributed by atoms with van der Waals surface area (Å²) in [5.41, 5.74) is 2.71. The molecule has 3 rings (SSSR count). The molecule has 0 spiro atoms. The maximum absolute atomic E-state index is 5.92. The molecular weight excluding hydrogens is 220 g/mol. The van der Waals surface area contributed by atoms with Gasteiger partial charge in [0.15, 0.2) is 0 Å². The van der Waals surface area contributed by atoms with Crippen LogP contribution in [0.3, 0.4) is 0 Å². The number of hydrogen-bond acceptors (Lipinski definition) is 1. The molecule has 2 aromatic carbocycles. The molecule has 92 valence electrons. The summed E-state index contributed by atoms with van der Waals surface area (Å²) in [5, 5.41) is 0. The Morgan fingerprint density at radius 1 is 0.833 bits per heavy atom. The molecule has 0 amide bonds. The van der Waals surface area contributed by atoms with Crippen LogP contribution in [0.15, 0.2) is 60.7 Å². The molecule has 0 N–H and O–H groups in total. The third-order valence-corrected chi connectivity index (χ3v) is 3.65. The zero-order valence-corrected chi connectivity index (χ0v) is 10.5. The summed E-state index contributed by atoms with van der Waals surface area (Å²) in [4.78, 5) is 0. The lowest BCUT2D eigenvalue weighted by molar-refractivity contribution is 0.0982. The van der Waals surface area contributed by atoms with Gasteiger partial charge in [-0.05, 0) is 24.0 Å². The minimum absolute atomic E-state index is 0.329. The van der Waals surface area contributed by atoms with E-state index in [1.54, 1.807) is 0 Å². The molecule has 1 heteroatoms. The van der Waals surface area contributed by atoms with E-state index in [4.69, 9.17) is 4.74 Å². The van der Waals surface area contributed by atoms with Crippen LogP contribution in [-0.2, 0) is 4.74 Å². The molecule has 1 aliphatic heterocycles. The minimum atomic E-state index is 0.329. The second-order valence-corrected chi connectivity index (χ2v) is 4.85. The van der Waals surface area contributed by atoms with Gasteiger partial charge in [-0.25, -0.2) is 0 Å². The molecule has 1 fully saturated rings. The first-order chi connectivity index (χ1) is 8.95. The van der Waals surface area contributed by atoms with Crippen LogP contribution in [0.25, 0.3) is 0 Å². The van der Waals surface area contributed by atoms with E-state index in [9.17, 15) is 0 Å². The van der Waals surface area contributed by atoms with Gasteiger partial charge in [-0.15, -0.1) is 0 Å². The molecule has 0 radical (unpaired) electrons. The first-order valence-corrected chi connectivity index (χ1v) is 6.66. The fourth-order valence-corrected chi connectivity index (χ4v) is 2.81. The predicted octanol–water partition coefficient (Wildman–Crippen LogP) is 4.00. The van der Waals surface area contributed by atoms with Crippen molar-refractivity contribution in [1.82, 2.24) is 0 Å². The highest BCUT2D eigenvalue weighted by Crippen LogP contribution is 2.34. The molecule has 1 aliphatic rings. The maximum Gasteiger partial charge on any atom is 0.0685 e. The number of benzene rings is 2. The van der Waals surface area contributed by atoms with E-state index in [0.717, 1.165) is 13.0 Å². The summed E-state index contributed by atoms with van der Waals surface area (Å²) in [6.45, 7) is 0.904. The first-order valence-electron chi connectivity index (χ1n) is 6.66. The Kier molecular flexibility index (Phi) is 3.42. The highest BCUT2D eigenvalue weighted by Gasteiger charge is 2.28. The van der Waals surface area contributed by atoms with E-state index < -0.39 is 0 Å². The van der Waals surface area contributed by atoms with E-state index >= 15 is 0 Å². The average Bonchev–Trinajstić information content (AvgIpc) is 2.95. The average molecular weight is 238 g/mol. The Morgan fingerprint density at radius 2 is 1.39 bits per heavy atom. The Labute approximate surface area is 108 Å². The van der Waals surface area contributed by atoms with Crippen molar-refractivity contribution in [2.75, 3.05) is 6.61 Å². The number of ether oxygens (including phenoxy) is 1. The topological polar surface area (TPSA) is 9.23 Å². The summed E-state index contributed by atoms with van der Waals surface area (Å²) < 4.78 is 5.92. The third-order valence-electron chi connectivity index (χ3n) is 3.65. The monoisotopic (exact) mass is 238 g/mol. The van der Waals surface area contributed by atoms with E-state index in [-0.39, 0.29) is 0 Å². The van der Waals surface area contributed by atoms with Gasteiger partial charge in [-0.1, -0.05) is 60.7 Å². The van der Waals surface area contributed by atoms with Crippen LogP contribution in [0.2, 0.25) is 0 Å². The van der Waals surface area contributed by atoms with Gasteiger partial charge in [0, 0.05) is 12.5 Å². The van der Waals surface area contributed by atoms with Crippen LogP contribution < -0.4 is 0 Å². The molecular formula is C17H18O. The predicted molar refractivity (Wildman–Crippen MR) is 73.7 cm³/mol. The maximum atomic E-state index is 5.92. The molecule has 18 heavy (non-hydrogen) atoms. The van der Waals surface area contributed by atoms with Crippen LogP contribution in [-0.4, -0.2) is 12.7 Å².